The highest BCUT2D eigenvalue weighted by Gasteiger charge is 2.30. The third-order valence-electron chi connectivity index (χ3n) is 1.76. The summed E-state index contributed by atoms with van der Waals surface area (Å²) >= 11 is 3.08. The number of allylic oxidation sites excluding steroid dienone is 1. The Morgan fingerprint density at radius 1 is 1.36 bits per heavy atom. The van der Waals surface area contributed by atoms with Crippen molar-refractivity contribution >= 4 is 21.5 Å². The van der Waals surface area contributed by atoms with Gasteiger partial charge in [0.1, 0.15) is 0 Å². The minimum atomic E-state index is -4.30. The van der Waals surface area contributed by atoms with Crippen LogP contribution < -0.4 is 0 Å². The van der Waals surface area contributed by atoms with Crippen molar-refractivity contribution in [3.05, 3.63) is 40.4 Å². The van der Waals surface area contributed by atoms with E-state index in [0.29, 0.717) is 10.0 Å². The van der Waals surface area contributed by atoms with E-state index < -0.39 is 11.7 Å². The highest BCUT2D eigenvalue weighted by Crippen LogP contribution is 2.33. The minimum absolute atomic E-state index is 0.417. The zero-order valence-corrected chi connectivity index (χ0v) is 9.04. The lowest BCUT2D eigenvalue weighted by atomic mass is 10.1. The topological polar surface area (TPSA) is 0 Å². The molecular formula is C10H8BrF3. The summed E-state index contributed by atoms with van der Waals surface area (Å²) in [6, 6.07) is 3.52. The second-order valence-corrected chi connectivity index (χ2v) is 3.83. The molecule has 0 saturated carbocycles. The van der Waals surface area contributed by atoms with Crippen LogP contribution in [0.4, 0.5) is 13.2 Å². The zero-order chi connectivity index (χ0) is 10.9. The van der Waals surface area contributed by atoms with Crippen LogP contribution in [0.1, 0.15) is 18.1 Å². The average Bonchev–Trinajstić information content (AvgIpc) is 2.01. The molecule has 0 atom stereocenters. The first-order chi connectivity index (χ1) is 6.32. The van der Waals surface area contributed by atoms with Gasteiger partial charge in [-0.05, 0) is 30.2 Å². The molecule has 14 heavy (non-hydrogen) atoms. The third-order valence-corrected chi connectivity index (χ3v) is 2.41. The Bertz CT molecular complexity index is 366. The molecule has 0 fully saturated rings. The smallest absolute Gasteiger partial charge is 0.166 e. The van der Waals surface area contributed by atoms with Crippen LogP contribution in [-0.2, 0) is 6.18 Å². The molecule has 1 aromatic rings. The Morgan fingerprint density at radius 3 is 2.29 bits per heavy atom. The Balaban J connectivity index is 3.20. The van der Waals surface area contributed by atoms with Crippen molar-refractivity contribution in [3.63, 3.8) is 0 Å². The summed E-state index contributed by atoms with van der Waals surface area (Å²) in [5.41, 5.74) is 0.762. The highest BCUT2D eigenvalue weighted by molar-refractivity contribution is 9.10. The van der Waals surface area contributed by atoms with Gasteiger partial charge < -0.3 is 0 Å². The van der Waals surface area contributed by atoms with Crippen LogP contribution in [0.2, 0.25) is 0 Å². The number of hydrogen-bond acceptors (Lipinski definition) is 0. The first-order valence-corrected chi connectivity index (χ1v) is 4.64. The van der Waals surface area contributed by atoms with E-state index >= 15 is 0 Å². The van der Waals surface area contributed by atoms with Gasteiger partial charge in [0.05, 0.1) is 5.56 Å². The predicted octanol–water partition coefficient (Wildman–Crippen LogP) is 4.50. The van der Waals surface area contributed by atoms with Crippen molar-refractivity contribution in [2.75, 3.05) is 0 Å². The van der Waals surface area contributed by atoms with Gasteiger partial charge >= 0.3 is 6.18 Å². The summed E-state index contributed by atoms with van der Waals surface area (Å²) in [6.45, 7) is 5.41. The molecule has 0 aliphatic rings. The highest BCUT2D eigenvalue weighted by atomic mass is 79.9. The third kappa shape index (κ3) is 2.38. The zero-order valence-electron chi connectivity index (χ0n) is 7.45. The Hall–Kier alpha value is -0.770. The molecule has 0 N–H and O–H groups in total. The first kappa shape index (κ1) is 11.3. The summed E-state index contributed by atoms with van der Waals surface area (Å²) in [4.78, 5) is 0. The van der Waals surface area contributed by atoms with E-state index in [4.69, 9.17) is 0 Å². The van der Waals surface area contributed by atoms with E-state index in [-0.39, 0.29) is 0 Å². The molecule has 0 aliphatic heterocycles. The number of halogens is 4. The van der Waals surface area contributed by atoms with E-state index in [0.717, 1.165) is 17.7 Å². The van der Waals surface area contributed by atoms with E-state index in [1.807, 2.05) is 0 Å². The molecule has 0 bridgehead atoms. The fraction of sp³-hybridized carbons (Fsp3) is 0.200. The molecule has 76 valence electrons. The summed E-state index contributed by atoms with van der Waals surface area (Å²) in [7, 11) is 0. The van der Waals surface area contributed by atoms with Gasteiger partial charge in [0.25, 0.3) is 0 Å². The second kappa shape index (κ2) is 3.77. The van der Waals surface area contributed by atoms with Crippen LogP contribution in [0, 0.1) is 0 Å². The van der Waals surface area contributed by atoms with E-state index in [2.05, 4.69) is 22.5 Å². The lowest BCUT2D eigenvalue weighted by Gasteiger charge is -2.09. The van der Waals surface area contributed by atoms with Gasteiger partial charge in [0.15, 0.2) is 0 Å². The van der Waals surface area contributed by atoms with E-state index in [1.165, 1.54) is 6.07 Å². The maximum atomic E-state index is 12.3. The average molecular weight is 265 g/mol. The number of benzene rings is 1. The van der Waals surface area contributed by atoms with Gasteiger partial charge in [0.2, 0.25) is 0 Å². The number of hydrogen-bond donors (Lipinski definition) is 0. The predicted molar refractivity (Wildman–Crippen MR) is 53.9 cm³/mol. The minimum Gasteiger partial charge on any atom is -0.166 e. The van der Waals surface area contributed by atoms with Crippen LogP contribution in [0.15, 0.2) is 29.3 Å². The van der Waals surface area contributed by atoms with Gasteiger partial charge in [0, 0.05) is 4.47 Å². The second-order valence-electron chi connectivity index (χ2n) is 2.97. The van der Waals surface area contributed by atoms with E-state index in [9.17, 15) is 13.2 Å². The Labute approximate surface area is 88.6 Å². The molecule has 0 radical (unpaired) electrons. The summed E-state index contributed by atoms with van der Waals surface area (Å²) in [5.74, 6) is 0. The van der Waals surface area contributed by atoms with Crippen LogP contribution in [0.5, 0.6) is 0 Å². The van der Waals surface area contributed by atoms with Crippen molar-refractivity contribution < 1.29 is 13.2 Å². The molecule has 0 unspecified atom stereocenters. The maximum Gasteiger partial charge on any atom is 0.416 e. The summed E-state index contributed by atoms with van der Waals surface area (Å²) in [5, 5.41) is 0. The normalized spacial score (nSPS) is 11.5. The van der Waals surface area contributed by atoms with Gasteiger partial charge in [-0.1, -0.05) is 28.6 Å². The van der Waals surface area contributed by atoms with Crippen molar-refractivity contribution in [1.29, 1.82) is 0 Å². The molecule has 0 aliphatic carbocycles. The van der Waals surface area contributed by atoms with Crippen molar-refractivity contribution in [3.8, 4) is 0 Å². The summed E-state index contributed by atoms with van der Waals surface area (Å²) < 4.78 is 37.2. The molecule has 0 saturated heterocycles. The van der Waals surface area contributed by atoms with Crippen molar-refractivity contribution in [2.45, 2.75) is 13.1 Å². The summed E-state index contributed by atoms with van der Waals surface area (Å²) in [6.07, 6.45) is -4.30. The van der Waals surface area contributed by atoms with E-state index in [1.54, 1.807) is 6.92 Å². The van der Waals surface area contributed by atoms with Gasteiger partial charge in [-0.15, -0.1) is 0 Å². The molecule has 0 spiro atoms. The molecule has 1 rings (SSSR count). The molecule has 1 aromatic carbocycles. The van der Waals surface area contributed by atoms with Crippen molar-refractivity contribution in [1.82, 2.24) is 0 Å². The first-order valence-electron chi connectivity index (χ1n) is 3.85. The number of rotatable bonds is 1. The van der Waals surface area contributed by atoms with Crippen LogP contribution in [0.25, 0.3) is 5.57 Å². The Kier molecular flexibility index (Phi) is 3.04. The van der Waals surface area contributed by atoms with Crippen LogP contribution in [0.3, 0.4) is 0 Å². The molecule has 0 amide bonds. The maximum absolute atomic E-state index is 12.3. The van der Waals surface area contributed by atoms with Gasteiger partial charge in [-0.3, -0.25) is 0 Å². The standard InChI is InChI=1S/C10H8BrF3/c1-6(2)8-4-3-7(5-9(8)11)10(12,13)14/h3-5H,1H2,2H3. The fourth-order valence-corrected chi connectivity index (χ4v) is 1.75. The molecule has 0 aromatic heterocycles. The molecule has 4 heteroatoms. The lowest BCUT2D eigenvalue weighted by Crippen LogP contribution is -2.04. The fourth-order valence-electron chi connectivity index (χ4n) is 1.04. The quantitative estimate of drug-likeness (QED) is 0.701. The Morgan fingerprint density at radius 2 is 1.93 bits per heavy atom. The largest absolute Gasteiger partial charge is 0.416 e. The van der Waals surface area contributed by atoms with Crippen molar-refractivity contribution in [2.24, 2.45) is 0 Å². The monoisotopic (exact) mass is 264 g/mol. The number of alkyl halides is 3. The van der Waals surface area contributed by atoms with Gasteiger partial charge in [-0.2, -0.15) is 13.2 Å². The molecule has 0 nitrogen and oxygen atoms in total. The van der Waals surface area contributed by atoms with Gasteiger partial charge in [-0.25, -0.2) is 0 Å². The molecular weight excluding hydrogens is 257 g/mol. The van der Waals surface area contributed by atoms with Crippen LogP contribution in [-0.4, -0.2) is 0 Å². The molecule has 0 heterocycles. The van der Waals surface area contributed by atoms with Crippen LogP contribution >= 0.6 is 15.9 Å². The SMILES string of the molecule is C=C(C)c1ccc(C(F)(F)F)cc1Br. The lowest BCUT2D eigenvalue weighted by molar-refractivity contribution is -0.137.